The molecular weight excluding hydrogens is 174 g/mol. The van der Waals surface area contributed by atoms with E-state index in [4.69, 9.17) is 5.73 Å². The van der Waals surface area contributed by atoms with Gasteiger partial charge in [0.2, 0.25) is 5.91 Å². The van der Waals surface area contributed by atoms with Crippen LogP contribution in [-0.2, 0) is 0 Å². The molecule has 2 nitrogen and oxygen atoms in total. The third kappa shape index (κ3) is 1.41. The molecule has 0 saturated heterocycles. The number of benzene rings is 1. The van der Waals surface area contributed by atoms with Gasteiger partial charge in [0.1, 0.15) is 0 Å². The van der Waals surface area contributed by atoms with E-state index in [-0.39, 0.29) is 5.91 Å². The summed E-state index contributed by atoms with van der Waals surface area (Å²) in [5, 5.41) is 0. The highest BCUT2D eigenvalue weighted by molar-refractivity contribution is 5.96. The Morgan fingerprint density at radius 3 is 1.36 bits per heavy atom. The maximum absolute atomic E-state index is 11.3. The monoisotopic (exact) mass is 191 g/mol. The number of carbonyl (C=O) groups is 1. The van der Waals surface area contributed by atoms with Crippen molar-refractivity contribution in [2.24, 2.45) is 5.73 Å². The lowest BCUT2D eigenvalue weighted by atomic mass is 9.89. The van der Waals surface area contributed by atoms with Crippen LogP contribution < -0.4 is 5.73 Å². The normalized spacial score (nSPS) is 10.4. The summed E-state index contributed by atoms with van der Waals surface area (Å²) in [4.78, 5) is 11.3. The Labute approximate surface area is 85.1 Å². The maximum atomic E-state index is 11.3. The van der Waals surface area contributed by atoms with Crippen LogP contribution in [0, 0.1) is 34.6 Å². The highest BCUT2D eigenvalue weighted by Gasteiger charge is 2.15. The van der Waals surface area contributed by atoms with E-state index >= 15 is 0 Å². The van der Waals surface area contributed by atoms with E-state index in [1.165, 1.54) is 16.7 Å². The predicted molar refractivity (Wildman–Crippen MR) is 58.6 cm³/mol. The van der Waals surface area contributed by atoms with Gasteiger partial charge in [-0.25, -0.2) is 0 Å². The van der Waals surface area contributed by atoms with Gasteiger partial charge < -0.3 is 5.73 Å². The SMILES string of the molecule is Cc1c(C)c(C)c(C(N)=O)c(C)c1C. The second-order valence-electron chi connectivity index (χ2n) is 3.86. The lowest BCUT2D eigenvalue weighted by Gasteiger charge is -2.16. The fraction of sp³-hybridized carbons (Fsp3) is 0.417. The minimum absolute atomic E-state index is 0.328. The number of hydrogen-bond donors (Lipinski definition) is 1. The van der Waals surface area contributed by atoms with Gasteiger partial charge in [-0.15, -0.1) is 0 Å². The van der Waals surface area contributed by atoms with Crippen LogP contribution in [0.1, 0.15) is 38.2 Å². The van der Waals surface area contributed by atoms with Crippen molar-refractivity contribution in [1.29, 1.82) is 0 Å². The molecule has 0 aromatic heterocycles. The van der Waals surface area contributed by atoms with Crippen LogP contribution in [0.25, 0.3) is 0 Å². The van der Waals surface area contributed by atoms with Crippen molar-refractivity contribution in [3.63, 3.8) is 0 Å². The van der Waals surface area contributed by atoms with Crippen molar-refractivity contribution in [2.75, 3.05) is 0 Å². The molecule has 0 saturated carbocycles. The highest BCUT2D eigenvalue weighted by atomic mass is 16.1. The quantitative estimate of drug-likeness (QED) is 0.727. The molecule has 2 heteroatoms. The fourth-order valence-corrected chi connectivity index (χ4v) is 1.87. The Morgan fingerprint density at radius 1 is 0.786 bits per heavy atom. The molecule has 1 aromatic carbocycles. The lowest BCUT2D eigenvalue weighted by molar-refractivity contribution is 0.0999. The molecule has 0 spiro atoms. The lowest BCUT2D eigenvalue weighted by Crippen LogP contribution is -2.16. The number of hydrogen-bond acceptors (Lipinski definition) is 1. The molecule has 1 amide bonds. The molecule has 76 valence electrons. The number of nitrogens with two attached hydrogens (primary N) is 1. The second kappa shape index (κ2) is 3.45. The van der Waals surface area contributed by atoms with E-state index in [9.17, 15) is 4.79 Å². The first-order chi connectivity index (χ1) is 6.37. The summed E-state index contributed by atoms with van der Waals surface area (Å²) in [5.41, 5.74) is 11.7. The van der Waals surface area contributed by atoms with E-state index in [1.807, 2.05) is 27.7 Å². The van der Waals surface area contributed by atoms with Crippen LogP contribution in [0.5, 0.6) is 0 Å². The molecule has 1 aromatic rings. The first kappa shape index (κ1) is 10.8. The largest absolute Gasteiger partial charge is 0.366 e. The molecule has 0 fully saturated rings. The smallest absolute Gasteiger partial charge is 0.249 e. The topological polar surface area (TPSA) is 43.1 Å². The Balaban J connectivity index is 3.68. The Kier molecular flexibility index (Phi) is 2.65. The standard InChI is InChI=1S/C12H17NO/c1-6-7(2)9(4)11(12(13)14)10(5)8(6)3/h1-5H3,(H2,13,14). The molecule has 0 aliphatic rings. The maximum Gasteiger partial charge on any atom is 0.249 e. The van der Waals surface area contributed by atoms with Crippen LogP contribution in [0.4, 0.5) is 0 Å². The molecule has 0 bridgehead atoms. The van der Waals surface area contributed by atoms with E-state index < -0.39 is 0 Å². The number of carbonyl (C=O) groups excluding carboxylic acids is 1. The molecule has 1 rings (SSSR count). The molecule has 0 heterocycles. The van der Waals surface area contributed by atoms with Crippen molar-refractivity contribution < 1.29 is 4.79 Å². The third-order valence-electron chi connectivity index (χ3n) is 3.25. The second-order valence-corrected chi connectivity index (χ2v) is 3.86. The van der Waals surface area contributed by atoms with Crippen LogP contribution in [-0.4, -0.2) is 5.91 Å². The average Bonchev–Trinajstić information content (AvgIpc) is 2.11. The molecule has 0 radical (unpaired) electrons. The Bertz CT molecular complexity index is 376. The minimum atomic E-state index is -0.328. The van der Waals surface area contributed by atoms with Crippen LogP contribution in [0.2, 0.25) is 0 Å². The summed E-state index contributed by atoms with van der Waals surface area (Å²) in [7, 11) is 0. The van der Waals surface area contributed by atoms with Crippen LogP contribution in [0.15, 0.2) is 0 Å². The van der Waals surface area contributed by atoms with Gasteiger partial charge >= 0.3 is 0 Å². The number of primary amides is 1. The van der Waals surface area contributed by atoms with Gasteiger partial charge in [-0.2, -0.15) is 0 Å². The van der Waals surface area contributed by atoms with Gasteiger partial charge in [0.05, 0.1) is 0 Å². The van der Waals surface area contributed by atoms with Crippen molar-refractivity contribution in [3.8, 4) is 0 Å². The molecule has 0 aliphatic carbocycles. The van der Waals surface area contributed by atoms with Gasteiger partial charge in [0.15, 0.2) is 0 Å². The minimum Gasteiger partial charge on any atom is -0.366 e. The first-order valence-electron chi connectivity index (χ1n) is 4.74. The summed E-state index contributed by atoms with van der Waals surface area (Å²) in [6.07, 6.45) is 0. The van der Waals surface area contributed by atoms with Crippen molar-refractivity contribution in [2.45, 2.75) is 34.6 Å². The highest BCUT2D eigenvalue weighted by Crippen LogP contribution is 2.25. The Hall–Kier alpha value is -1.31. The van der Waals surface area contributed by atoms with E-state index in [0.717, 1.165) is 11.1 Å². The van der Waals surface area contributed by atoms with E-state index in [2.05, 4.69) is 6.92 Å². The summed E-state index contributed by atoms with van der Waals surface area (Å²) in [6.45, 7) is 10.0. The number of amides is 1. The third-order valence-corrected chi connectivity index (χ3v) is 3.25. The molecule has 14 heavy (non-hydrogen) atoms. The molecule has 2 N–H and O–H groups in total. The molecule has 0 unspecified atom stereocenters. The van der Waals surface area contributed by atoms with Gasteiger partial charge in [0, 0.05) is 5.56 Å². The van der Waals surface area contributed by atoms with Gasteiger partial charge in [-0.1, -0.05) is 0 Å². The summed E-state index contributed by atoms with van der Waals surface area (Å²) < 4.78 is 0. The number of rotatable bonds is 1. The van der Waals surface area contributed by atoms with Crippen LogP contribution >= 0.6 is 0 Å². The zero-order valence-electron chi connectivity index (χ0n) is 9.49. The van der Waals surface area contributed by atoms with Crippen LogP contribution in [0.3, 0.4) is 0 Å². The van der Waals surface area contributed by atoms with Gasteiger partial charge in [-0.3, -0.25) is 4.79 Å². The molecule has 0 aliphatic heterocycles. The van der Waals surface area contributed by atoms with Crippen molar-refractivity contribution in [1.82, 2.24) is 0 Å². The van der Waals surface area contributed by atoms with Gasteiger partial charge in [-0.05, 0) is 62.4 Å². The zero-order chi connectivity index (χ0) is 11.0. The summed E-state index contributed by atoms with van der Waals surface area (Å²) in [5.74, 6) is -0.328. The van der Waals surface area contributed by atoms with Gasteiger partial charge in [0.25, 0.3) is 0 Å². The average molecular weight is 191 g/mol. The molecule has 0 atom stereocenters. The van der Waals surface area contributed by atoms with E-state index in [1.54, 1.807) is 0 Å². The Morgan fingerprint density at radius 2 is 1.07 bits per heavy atom. The molecular formula is C12H17NO. The summed E-state index contributed by atoms with van der Waals surface area (Å²) >= 11 is 0. The van der Waals surface area contributed by atoms with Crippen molar-refractivity contribution in [3.05, 3.63) is 33.4 Å². The predicted octanol–water partition coefficient (Wildman–Crippen LogP) is 2.33. The summed E-state index contributed by atoms with van der Waals surface area (Å²) in [6, 6.07) is 0. The van der Waals surface area contributed by atoms with Crippen molar-refractivity contribution >= 4 is 5.91 Å². The first-order valence-corrected chi connectivity index (χ1v) is 4.74. The zero-order valence-corrected chi connectivity index (χ0v) is 9.49. The van der Waals surface area contributed by atoms with E-state index in [0.29, 0.717) is 5.56 Å². The fourth-order valence-electron chi connectivity index (χ4n) is 1.87.